The number of carbonyl (C=O) groups is 3. The fourth-order valence-electron chi connectivity index (χ4n) is 10.2. The molecule has 0 amide bonds. The van der Waals surface area contributed by atoms with Crippen molar-refractivity contribution < 1.29 is 19.1 Å². The zero-order chi connectivity index (χ0) is 25.4. The monoisotopic (exact) mass is 475 g/mol. The van der Waals surface area contributed by atoms with Gasteiger partial charge in [-0.2, -0.15) is 5.26 Å². The SMILES string of the molecule is CC1C(=O)C(C#N)=CC2(C)C3=CC(=O)C4(C)C5CC(C)(C)CCC56CCC4(OC6=O)C3(C)CCC12. The molecule has 2 heterocycles. The van der Waals surface area contributed by atoms with Crippen LogP contribution in [0.15, 0.2) is 23.3 Å². The first-order valence-electron chi connectivity index (χ1n) is 13.4. The quantitative estimate of drug-likeness (QED) is 0.432. The molecule has 2 saturated heterocycles. The van der Waals surface area contributed by atoms with Crippen LogP contribution in [0.1, 0.15) is 86.5 Å². The molecule has 35 heavy (non-hydrogen) atoms. The second kappa shape index (κ2) is 6.36. The maximum atomic E-state index is 14.4. The molecule has 2 aliphatic heterocycles. The first-order chi connectivity index (χ1) is 16.2. The fourth-order valence-corrected chi connectivity index (χ4v) is 10.2. The topological polar surface area (TPSA) is 84.2 Å². The Hall–Kier alpha value is -2.22. The lowest BCUT2D eigenvalue weighted by atomic mass is 9.32. The van der Waals surface area contributed by atoms with Gasteiger partial charge in [0.1, 0.15) is 11.7 Å². The summed E-state index contributed by atoms with van der Waals surface area (Å²) >= 11 is 0. The third-order valence-corrected chi connectivity index (χ3v) is 12.2. The molecular weight excluding hydrogens is 438 g/mol. The highest BCUT2D eigenvalue weighted by Gasteiger charge is 2.81. The highest BCUT2D eigenvalue weighted by Crippen LogP contribution is 2.78. The normalized spacial score (nSPS) is 51.6. The number of nitrogens with zero attached hydrogens (tertiary/aromatic N) is 1. The average Bonchev–Trinajstić information content (AvgIpc) is 2.79. The maximum Gasteiger partial charge on any atom is 0.313 e. The van der Waals surface area contributed by atoms with Gasteiger partial charge in [0.25, 0.3) is 0 Å². The Labute approximate surface area is 208 Å². The fraction of sp³-hybridized carbons (Fsp3) is 0.733. The van der Waals surface area contributed by atoms with E-state index in [2.05, 4.69) is 40.7 Å². The van der Waals surface area contributed by atoms with Gasteiger partial charge < -0.3 is 4.74 Å². The number of hydrogen-bond acceptors (Lipinski definition) is 5. The van der Waals surface area contributed by atoms with E-state index in [1.807, 2.05) is 19.1 Å². The summed E-state index contributed by atoms with van der Waals surface area (Å²) < 4.78 is 6.62. The standard InChI is InChI=1S/C30H37NO4/c1-17-19-7-8-27(5)20(26(19,4)14-18(16-31)23(17)33)13-22(32)28(6)21-15-25(2,3)9-10-29(21)11-12-30(27,28)35-24(29)34/h13-14,17,19,21H,7-12,15H2,1-6H3. The number of esters is 1. The van der Waals surface area contributed by atoms with Crippen molar-refractivity contribution in [3.63, 3.8) is 0 Å². The average molecular weight is 476 g/mol. The van der Waals surface area contributed by atoms with Crippen LogP contribution in [0.4, 0.5) is 0 Å². The number of allylic oxidation sites excluding steroid dienone is 3. The van der Waals surface area contributed by atoms with Gasteiger partial charge in [0.05, 0.1) is 16.4 Å². The van der Waals surface area contributed by atoms with Gasteiger partial charge in [0, 0.05) is 16.7 Å². The minimum Gasteiger partial charge on any atom is -0.457 e. The minimum absolute atomic E-state index is 0.0237. The summed E-state index contributed by atoms with van der Waals surface area (Å²) in [7, 11) is 0. The van der Waals surface area contributed by atoms with Crippen LogP contribution in [-0.2, 0) is 19.1 Å². The van der Waals surface area contributed by atoms with E-state index in [0.717, 1.165) is 44.1 Å². The van der Waals surface area contributed by atoms with E-state index in [1.165, 1.54) is 0 Å². The lowest BCUT2D eigenvalue weighted by Crippen LogP contribution is -2.79. The van der Waals surface area contributed by atoms with Crippen LogP contribution >= 0.6 is 0 Å². The summed E-state index contributed by atoms with van der Waals surface area (Å²) in [5, 5.41) is 9.75. The molecule has 5 nitrogen and oxygen atoms in total. The van der Waals surface area contributed by atoms with Gasteiger partial charge in [-0.05, 0) is 80.8 Å². The zero-order valence-corrected chi connectivity index (χ0v) is 21.9. The first-order valence-corrected chi connectivity index (χ1v) is 13.4. The Morgan fingerprint density at radius 1 is 1.00 bits per heavy atom. The molecule has 3 saturated carbocycles. The van der Waals surface area contributed by atoms with E-state index in [-0.39, 0.29) is 46.3 Å². The van der Waals surface area contributed by atoms with Crippen LogP contribution in [0.3, 0.4) is 0 Å². The number of rotatable bonds is 0. The third kappa shape index (κ3) is 2.30. The molecular formula is C30H37NO4. The van der Waals surface area contributed by atoms with Crippen molar-refractivity contribution in [2.45, 2.75) is 92.1 Å². The first kappa shape index (κ1) is 23.2. The van der Waals surface area contributed by atoms with E-state index in [4.69, 9.17) is 4.74 Å². The number of nitriles is 1. The number of ketones is 2. The summed E-state index contributed by atoms with van der Waals surface area (Å²) in [5.41, 5.74) is -2.10. The second-order valence-corrected chi connectivity index (χ2v) is 14.0. The predicted octanol–water partition coefficient (Wildman–Crippen LogP) is 5.50. The van der Waals surface area contributed by atoms with Crippen LogP contribution in [0.2, 0.25) is 0 Å². The molecule has 7 aliphatic rings. The van der Waals surface area contributed by atoms with Crippen LogP contribution in [0.5, 0.6) is 0 Å². The number of ether oxygens (including phenoxy) is 1. The molecule has 8 unspecified atom stereocenters. The Balaban J connectivity index is 1.60. The molecule has 7 rings (SSSR count). The lowest BCUT2D eigenvalue weighted by molar-refractivity contribution is -0.300. The van der Waals surface area contributed by atoms with Gasteiger partial charge in [-0.1, -0.05) is 40.7 Å². The van der Waals surface area contributed by atoms with Crippen molar-refractivity contribution in [1.29, 1.82) is 5.26 Å². The summed E-state index contributed by atoms with van der Waals surface area (Å²) in [4.78, 5) is 41.1. The molecule has 0 N–H and O–H groups in total. The molecule has 0 aromatic rings. The highest BCUT2D eigenvalue weighted by atomic mass is 16.6. The summed E-state index contributed by atoms with van der Waals surface area (Å²) in [5.74, 6) is -0.403. The van der Waals surface area contributed by atoms with E-state index < -0.39 is 27.3 Å². The van der Waals surface area contributed by atoms with Gasteiger partial charge in [0.2, 0.25) is 0 Å². The van der Waals surface area contributed by atoms with Gasteiger partial charge in [0.15, 0.2) is 11.6 Å². The minimum atomic E-state index is -0.891. The molecule has 2 spiro atoms. The van der Waals surface area contributed by atoms with Crippen LogP contribution in [0, 0.1) is 56.2 Å². The number of Topliss-reactive ketones (excluding diaryl/α,β-unsaturated/α-hetero) is 1. The predicted molar refractivity (Wildman–Crippen MR) is 130 cm³/mol. The lowest BCUT2D eigenvalue weighted by Gasteiger charge is -2.74. The number of hydrogen-bond donors (Lipinski definition) is 0. The maximum absolute atomic E-state index is 14.4. The molecule has 5 fully saturated rings. The van der Waals surface area contributed by atoms with Gasteiger partial charge in [-0.25, -0.2) is 0 Å². The summed E-state index contributed by atoms with van der Waals surface area (Å²) in [6.45, 7) is 12.8. The van der Waals surface area contributed by atoms with Crippen molar-refractivity contribution in [3.8, 4) is 6.07 Å². The molecule has 8 atom stereocenters. The Morgan fingerprint density at radius 3 is 2.34 bits per heavy atom. The Morgan fingerprint density at radius 2 is 1.69 bits per heavy atom. The van der Waals surface area contributed by atoms with Crippen molar-refractivity contribution in [1.82, 2.24) is 0 Å². The van der Waals surface area contributed by atoms with Crippen LogP contribution in [0.25, 0.3) is 0 Å². The number of carbonyl (C=O) groups excluding carboxylic acids is 3. The molecule has 2 bridgehead atoms. The molecule has 0 aromatic carbocycles. The molecule has 186 valence electrons. The van der Waals surface area contributed by atoms with Gasteiger partial charge in [-0.3, -0.25) is 14.4 Å². The van der Waals surface area contributed by atoms with Crippen molar-refractivity contribution in [2.24, 2.45) is 44.8 Å². The van der Waals surface area contributed by atoms with Crippen molar-refractivity contribution in [2.75, 3.05) is 0 Å². The Bertz CT molecular complexity index is 1200. The number of fused-ring (bicyclic) bond motifs is 5. The zero-order valence-electron chi connectivity index (χ0n) is 21.9. The van der Waals surface area contributed by atoms with Crippen LogP contribution in [-0.4, -0.2) is 23.1 Å². The van der Waals surface area contributed by atoms with E-state index in [0.29, 0.717) is 6.42 Å². The third-order valence-electron chi connectivity index (χ3n) is 12.2. The molecule has 5 heteroatoms. The Kier molecular flexibility index (Phi) is 4.22. The van der Waals surface area contributed by atoms with E-state index in [1.54, 1.807) is 0 Å². The van der Waals surface area contributed by atoms with Crippen LogP contribution < -0.4 is 0 Å². The van der Waals surface area contributed by atoms with E-state index >= 15 is 0 Å². The molecule has 5 aliphatic carbocycles. The largest absolute Gasteiger partial charge is 0.457 e. The summed E-state index contributed by atoms with van der Waals surface area (Å²) in [6.07, 6.45) is 9.39. The van der Waals surface area contributed by atoms with Gasteiger partial charge in [-0.15, -0.1) is 0 Å². The second-order valence-electron chi connectivity index (χ2n) is 14.0. The molecule has 0 aromatic heterocycles. The van der Waals surface area contributed by atoms with E-state index in [9.17, 15) is 19.6 Å². The molecule has 0 radical (unpaired) electrons. The van der Waals surface area contributed by atoms with Crippen molar-refractivity contribution in [3.05, 3.63) is 23.3 Å². The highest BCUT2D eigenvalue weighted by molar-refractivity contribution is 6.03. The van der Waals surface area contributed by atoms with Crippen molar-refractivity contribution >= 4 is 17.5 Å². The van der Waals surface area contributed by atoms with Gasteiger partial charge >= 0.3 is 5.97 Å². The summed E-state index contributed by atoms with van der Waals surface area (Å²) in [6, 6.07) is 2.12. The smallest absolute Gasteiger partial charge is 0.313 e.